The van der Waals surface area contributed by atoms with Crippen LogP contribution in [0.5, 0.6) is 5.75 Å². The molecule has 0 aromatic heterocycles. The van der Waals surface area contributed by atoms with Crippen molar-refractivity contribution in [2.45, 2.75) is 18.9 Å². The highest BCUT2D eigenvalue weighted by atomic mass is 16.5. The van der Waals surface area contributed by atoms with Crippen LogP contribution in [0, 0.1) is 5.92 Å². The summed E-state index contributed by atoms with van der Waals surface area (Å²) in [7, 11) is 1.63. The van der Waals surface area contributed by atoms with E-state index in [4.69, 9.17) is 9.84 Å². The Labute approximate surface area is 101 Å². The largest absolute Gasteiger partial charge is 0.497 e. The van der Waals surface area contributed by atoms with Crippen molar-refractivity contribution >= 4 is 5.97 Å². The summed E-state index contributed by atoms with van der Waals surface area (Å²) in [6, 6.07) is 7.82. The third-order valence-electron chi connectivity index (χ3n) is 3.28. The van der Waals surface area contributed by atoms with Gasteiger partial charge >= 0.3 is 5.97 Å². The van der Waals surface area contributed by atoms with Crippen LogP contribution in [0.3, 0.4) is 0 Å². The van der Waals surface area contributed by atoms with Crippen molar-refractivity contribution in [2.75, 3.05) is 13.7 Å². The molecule has 1 aliphatic heterocycles. The zero-order chi connectivity index (χ0) is 12.3. The van der Waals surface area contributed by atoms with Crippen molar-refractivity contribution in [3.8, 4) is 5.75 Å². The van der Waals surface area contributed by atoms with E-state index < -0.39 is 5.97 Å². The first-order valence-electron chi connectivity index (χ1n) is 5.80. The van der Waals surface area contributed by atoms with Crippen LogP contribution in [0.1, 0.15) is 12.0 Å². The Morgan fingerprint density at radius 1 is 1.47 bits per heavy atom. The van der Waals surface area contributed by atoms with Crippen molar-refractivity contribution < 1.29 is 14.6 Å². The predicted molar refractivity (Wildman–Crippen MR) is 64.2 cm³/mol. The molecule has 2 unspecified atom stereocenters. The molecule has 1 aliphatic rings. The minimum absolute atomic E-state index is 0.0425. The van der Waals surface area contributed by atoms with E-state index in [1.807, 2.05) is 24.3 Å². The van der Waals surface area contributed by atoms with Gasteiger partial charge in [0.1, 0.15) is 5.75 Å². The molecule has 1 fully saturated rings. The Morgan fingerprint density at radius 2 is 2.18 bits per heavy atom. The molecule has 4 heteroatoms. The molecule has 0 aliphatic carbocycles. The van der Waals surface area contributed by atoms with Crippen molar-refractivity contribution in [3.63, 3.8) is 0 Å². The van der Waals surface area contributed by atoms with Crippen LogP contribution in [-0.2, 0) is 11.2 Å². The van der Waals surface area contributed by atoms with Crippen molar-refractivity contribution in [1.29, 1.82) is 0 Å². The van der Waals surface area contributed by atoms with E-state index in [1.54, 1.807) is 7.11 Å². The van der Waals surface area contributed by atoms with Gasteiger partial charge in [0.05, 0.1) is 13.0 Å². The molecule has 2 rings (SSSR count). The number of hydrogen-bond donors (Lipinski definition) is 2. The Balaban J connectivity index is 2.02. The average Bonchev–Trinajstić information content (AvgIpc) is 2.78. The molecule has 1 heterocycles. The fraction of sp³-hybridized carbons (Fsp3) is 0.462. The Morgan fingerprint density at radius 3 is 2.76 bits per heavy atom. The van der Waals surface area contributed by atoms with E-state index >= 15 is 0 Å². The third-order valence-corrected chi connectivity index (χ3v) is 3.28. The molecule has 0 saturated carbocycles. The maximum atomic E-state index is 11.0. The van der Waals surface area contributed by atoms with Gasteiger partial charge in [-0.05, 0) is 37.1 Å². The first kappa shape index (κ1) is 11.9. The molecule has 0 amide bonds. The van der Waals surface area contributed by atoms with Crippen LogP contribution in [0.25, 0.3) is 0 Å². The maximum Gasteiger partial charge on any atom is 0.308 e. The van der Waals surface area contributed by atoms with Crippen molar-refractivity contribution in [1.82, 2.24) is 5.32 Å². The number of ether oxygens (including phenoxy) is 1. The van der Waals surface area contributed by atoms with Crippen LogP contribution in [-0.4, -0.2) is 30.8 Å². The van der Waals surface area contributed by atoms with Crippen LogP contribution >= 0.6 is 0 Å². The molecule has 2 N–H and O–H groups in total. The number of benzene rings is 1. The van der Waals surface area contributed by atoms with Gasteiger partial charge in [-0.15, -0.1) is 0 Å². The van der Waals surface area contributed by atoms with Gasteiger partial charge in [0, 0.05) is 6.04 Å². The van der Waals surface area contributed by atoms with Gasteiger partial charge in [0.2, 0.25) is 0 Å². The fourth-order valence-electron chi connectivity index (χ4n) is 2.29. The lowest BCUT2D eigenvalue weighted by atomic mass is 9.95. The SMILES string of the molecule is COc1ccc(CC2NCCC2C(=O)O)cc1. The second-order valence-electron chi connectivity index (χ2n) is 4.35. The topological polar surface area (TPSA) is 58.6 Å². The highest BCUT2D eigenvalue weighted by Crippen LogP contribution is 2.21. The van der Waals surface area contributed by atoms with E-state index in [9.17, 15) is 4.79 Å². The summed E-state index contributed by atoms with van der Waals surface area (Å²) in [5, 5.41) is 12.3. The first-order valence-corrected chi connectivity index (χ1v) is 5.80. The second-order valence-corrected chi connectivity index (χ2v) is 4.35. The monoisotopic (exact) mass is 235 g/mol. The summed E-state index contributed by atoms with van der Waals surface area (Å²) in [4.78, 5) is 11.0. The lowest BCUT2D eigenvalue weighted by Gasteiger charge is -2.16. The Hall–Kier alpha value is -1.55. The molecule has 0 bridgehead atoms. The first-order chi connectivity index (χ1) is 8.20. The van der Waals surface area contributed by atoms with Gasteiger partial charge in [-0.3, -0.25) is 4.79 Å². The minimum Gasteiger partial charge on any atom is -0.497 e. The zero-order valence-corrected chi connectivity index (χ0v) is 9.85. The van der Waals surface area contributed by atoms with Gasteiger partial charge in [-0.1, -0.05) is 12.1 Å². The number of carboxylic acids is 1. The smallest absolute Gasteiger partial charge is 0.308 e. The molecule has 17 heavy (non-hydrogen) atoms. The predicted octanol–water partition coefficient (Wildman–Crippen LogP) is 1.30. The molecule has 92 valence electrons. The second kappa shape index (κ2) is 5.19. The average molecular weight is 235 g/mol. The van der Waals surface area contributed by atoms with E-state index in [2.05, 4.69) is 5.32 Å². The summed E-state index contributed by atoms with van der Waals surface area (Å²) in [5.74, 6) is -0.145. The molecule has 0 spiro atoms. The number of methoxy groups -OCH3 is 1. The third kappa shape index (κ3) is 2.77. The molecular weight excluding hydrogens is 218 g/mol. The van der Waals surface area contributed by atoms with E-state index in [1.165, 1.54) is 0 Å². The summed E-state index contributed by atoms with van der Waals surface area (Å²) >= 11 is 0. The number of carboxylic acid groups (broad SMARTS) is 1. The highest BCUT2D eigenvalue weighted by Gasteiger charge is 2.32. The summed E-state index contributed by atoms with van der Waals surface area (Å²) < 4.78 is 5.09. The number of nitrogens with one attached hydrogen (secondary N) is 1. The highest BCUT2D eigenvalue weighted by molar-refractivity contribution is 5.71. The molecule has 2 atom stereocenters. The Kier molecular flexibility index (Phi) is 3.64. The fourth-order valence-corrected chi connectivity index (χ4v) is 2.29. The minimum atomic E-state index is -0.700. The molecular formula is C13H17NO3. The summed E-state index contributed by atoms with van der Waals surface area (Å²) in [6.45, 7) is 0.789. The van der Waals surface area contributed by atoms with Gasteiger partial charge in [0.25, 0.3) is 0 Å². The van der Waals surface area contributed by atoms with Crippen LogP contribution in [0.15, 0.2) is 24.3 Å². The molecule has 1 aromatic rings. The van der Waals surface area contributed by atoms with Crippen LogP contribution < -0.4 is 10.1 Å². The number of rotatable bonds is 4. The maximum absolute atomic E-state index is 11.0. The molecule has 1 aromatic carbocycles. The normalized spacial score (nSPS) is 23.6. The lowest BCUT2D eigenvalue weighted by molar-refractivity contribution is -0.141. The van der Waals surface area contributed by atoms with E-state index in [-0.39, 0.29) is 12.0 Å². The van der Waals surface area contributed by atoms with Gasteiger partial charge in [-0.2, -0.15) is 0 Å². The van der Waals surface area contributed by atoms with Crippen LogP contribution in [0.4, 0.5) is 0 Å². The zero-order valence-electron chi connectivity index (χ0n) is 9.85. The molecule has 0 radical (unpaired) electrons. The van der Waals surface area contributed by atoms with Gasteiger partial charge in [0.15, 0.2) is 0 Å². The quantitative estimate of drug-likeness (QED) is 0.826. The Bertz CT molecular complexity index is 388. The van der Waals surface area contributed by atoms with Gasteiger partial charge in [-0.25, -0.2) is 0 Å². The number of aliphatic carboxylic acids is 1. The summed E-state index contributed by atoms with van der Waals surface area (Å²) in [5.41, 5.74) is 1.14. The van der Waals surface area contributed by atoms with E-state index in [0.717, 1.165) is 30.7 Å². The number of hydrogen-bond acceptors (Lipinski definition) is 3. The van der Waals surface area contributed by atoms with Crippen LogP contribution in [0.2, 0.25) is 0 Å². The standard InChI is InChI=1S/C13H17NO3/c1-17-10-4-2-9(3-5-10)8-12-11(13(15)16)6-7-14-12/h2-5,11-12,14H,6-8H2,1H3,(H,15,16). The molecule has 1 saturated heterocycles. The lowest BCUT2D eigenvalue weighted by Crippen LogP contribution is -2.33. The molecule has 4 nitrogen and oxygen atoms in total. The number of carbonyl (C=O) groups is 1. The summed E-state index contributed by atoms with van der Waals surface area (Å²) in [6.07, 6.45) is 1.47. The van der Waals surface area contributed by atoms with E-state index in [0.29, 0.717) is 0 Å². The van der Waals surface area contributed by atoms with Crippen molar-refractivity contribution in [3.05, 3.63) is 29.8 Å². The van der Waals surface area contributed by atoms with Gasteiger partial charge < -0.3 is 15.2 Å². The van der Waals surface area contributed by atoms with Crippen molar-refractivity contribution in [2.24, 2.45) is 5.92 Å².